The van der Waals surface area contributed by atoms with Crippen LogP contribution < -0.4 is 10.6 Å². The molecule has 1 fully saturated rings. The molecule has 0 aromatic rings. The van der Waals surface area contributed by atoms with E-state index in [1.807, 2.05) is 0 Å². The Bertz CT molecular complexity index is 322. The SMILES string of the molecule is CCCCCCNC(=O)NC1COCC1(C)C(=O)O. The van der Waals surface area contributed by atoms with Gasteiger partial charge in [0.05, 0.1) is 19.3 Å². The van der Waals surface area contributed by atoms with E-state index in [1.165, 1.54) is 0 Å². The molecule has 0 spiro atoms. The van der Waals surface area contributed by atoms with Crippen molar-refractivity contribution in [2.45, 2.75) is 45.6 Å². The maximum atomic E-state index is 11.7. The number of unbranched alkanes of at least 4 members (excludes halogenated alkanes) is 3. The zero-order valence-electron chi connectivity index (χ0n) is 11.7. The van der Waals surface area contributed by atoms with E-state index in [1.54, 1.807) is 6.92 Å². The fourth-order valence-corrected chi connectivity index (χ4v) is 2.05. The number of carboxylic acid groups (broad SMARTS) is 1. The molecule has 2 atom stereocenters. The van der Waals surface area contributed by atoms with Crippen LogP contribution in [-0.4, -0.2) is 42.9 Å². The molecule has 0 aromatic carbocycles. The van der Waals surface area contributed by atoms with Crippen LogP contribution in [0.4, 0.5) is 4.79 Å². The molecule has 6 heteroatoms. The third kappa shape index (κ3) is 4.38. The number of carbonyl (C=O) groups is 2. The van der Waals surface area contributed by atoms with Crippen LogP contribution >= 0.6 is 0 Å². The van der Waals surface area contributed by atoms with Crippen LogP contribution in [0.15, 0.2) is 0 Å². The number of ether oxygens (including phenoxy) is 1. The standard InChI is InChI=1S/C13H24N2O4/c1-3-4-5-6-7-14-12(18)15-10-8-19-9-13(10,2)11(16)17/h10H,3-9H2,1-2H3,(H,16,17)(H2,14,15,18). The van der Waals surface area contributed by atoms with Gasteiger partial charge in [0, 0.05) is 6.54 Å². The molecule has 0 aromatic heterocycles. The predicted molar refractivity (Wildman–Crippen MR) is 71.0 cm³/mol. The van der Waals surface area contributed by atoms with Gasteiger partial charge in [0.2, 0.25) is 0 Å². The minimum absolute atomic E-state index is 0.129. The third-order valence-electron chi connectivity index (χ3n) is 3.57. The molecule has 1 aliphatic rings. The van der Waals surface area contributed by atoms with Gasteiger partial charge in [-0.1, -0.05) is 26.2 Å². The monoisotopic (exact) mass is 272 g/mol. The van der Waals surface area contributed by atoms with Crippen molar-refractivity contribution in [1.82, 2.24) is 10.6 Å². The van der Waals surface area contributed by atoms with Crippen LogP contribution in [0.2, 0.25) is 0 Å². The Morgan fingerprint density at radius 1 is 1.37 bits per heavy atom. The second-order valence-corrected chi connectivity index (χ2v) is 5.25. The molecule has 2 amide bonds. The molecule has 6 nitrogen and oxygen atoms in total. The molecule has 1 saturated heterocycles. The van der Waals surface area contributed by atoms with Crippen LogP contribution in [-0.2, 0) is 9.53 Å². The van der Waals surface area contributed by atoms with Crippen LogP contribution in [0.1, 0.15) is 39.5 Å². The van der Waals surface area contributed by atoms with Crippen molar-refractivity contribution < 1.29 is 19.4 Å². The lowest BCUT2D eigenvalue weighted by atomic mass is 9.85. The quantitative estimate of drug-likeness (QED) is 0.611. The average Bonchev–Trinajstić information content (AvgIpc) is 2.72. The van der Waals surface area contributed by atoms with Crippen LogP contribution in [0.25, 0.3) is 0 Å². The van der Waals surface area contributed by atoms with Crippen molar-refractivity contribution in [2.75, 3.05) is 19.8 Å². The summed E-state index contributed by atoms with van der Waals surface area (Å²) in [6.07, 6.45) is 4.36. The number of carboxylic acids is 1. The van der Waals surface area contributed by atoms with Crippen LogP contribution in [0.3, 0.4) is 0 Å². The van der Waals surface area contributed by atoms with E-state index in [0.717, 1.165) is 25.7 Å². The lowest BCUT2D eigenvalue weighted by Gasteiger charge is -2.25. The largest absolute Gasteiger partial charge is 0.481 e. The van der Waals surface area contributed by atoms with Gasteiger partial charge in [-0.3, -0.25) is 4.79 Å². The number of amides is 2. The van der Waals surface area contributed by atoms with Gasteiger partial charge in [-0.25, -0.2) is 4.79 Å². The topological polar surface area (TPSA) is 87.7 Å². The molecule has 1 heterocycles. The van der Waals surface area contributed by atoms with E-state index in [9.17, 15) is 14.7 Å². The first-order chi connectivity index (χ1) is 9.00. The molecule has 0 saturated carbocycles. The number of hydrogen-bond donors (Lipinski definition) is 3. The molecular formula is C13H24N2O4. The summed E-state index contributed by atoms with van der Waals surface area (Å²) in [6, 6.07) is -0.805. The Morgan fingerprint density at radius 3 is 2.74 bits per heavy atom. The number of carbonyl (C=O) groups excluding carboxylic acids is 1. The molecule has 2 unspecified atom stereocenters. The molecule has 3 N–H and O–H groups in total. The summed E-state index contributed by atoms with van der Waals surface area (Å²) in [4.78, 5) is 22.9. The number of rotatable bonds is 7. The van der Waals surface area contributed by atoms with E-state index >= 15 is 0 Å². The summed E-state index contributed by atoms with van der Waals surface area (Å²) in [5.74, 6) is -0.946. The first-order valence-electron chi connectivity index (χ1n) is 6.86. The molecule has 0 bridgehead atoms. The maximum Gasteiger partial charge on any atom is 0.315 e. The predicted octanol–water partition coefficient (Wildman–Crippen LogP) is 1.36. The number of aliphatic carboxylic acids is 1. The Kier molecular flexibility index (Phi) is 6.08. The Labute approximate surface area is 113 Å². The fraction of sp³-hybridized carbons (Fsp3) is 0.846. The first-order valence-corrected chi connectivity index (χ1v) is 6.86. The Hall–Kier alpha value is -1.30. The summed E-state index contributed by atoms with van der Waals surface area (Å²) in [5.41, 5.74) is -1.04. The van der Waals surface area contributed by atoms with Gasteiger partial charge in [-0.15, -0.1) is 0 Å². The minimum Gasteiger partial charge on any atom is -0.481 e. The van der Waals surface area contributed by atoms with Crippen molar-refractivity contribution in [3.05, 3.63) is 0 Å². The van der Waals surface area contributed by atoms with E-state index < -0.39 is 17.4 Å². The van der Waals surface area contributed by atoms with Crippen LogP contribution in [0.5, 0.6) is 0 Å². The lowest BCUT2D eigenvalue weighted by Crippen LogP contribution is -2.52. The highest BCUT2D eigenvalue weighted by molar-refractivity contribution is 5.79. The minimum atomic E-state index is -1.04. The maximum absolute atomic E-state index is 11.7. The molecular weight excluding hydrogens is 248 g/mol. The highest BCUT2D eigenvalue weighted by Gasteiger charge is 2.47. The van der Waals surface area contributed by atoms with Gasteiger partial charge in [-0.05, 0) is 13.3 Å². The summed E-state index contributed by atoms with van der Waals surface area (Å²) < 4.78 is 5.17. The second kappa shape index (κ2) is 7.33. The van der Waals surface area contributed by atoms with Gasteiger partial charge in [-0.2, -0.15) is 0 Å². The summed E-state index contributed by atoms with van der Waals surface area (Å²) in [5, 5.41) is 14.6. The Balaban J connectivity index is 2.30. The van der Waals surface area contributed by atoms with Crippen molar-refractivity contribution in [3.63, 3.8) is 0 Å². The van der Waals surface area contributed by atoms with E-state index in [2.05, 4.69) is 17.6 Å². The van der Waals surface area contributed by atoms with Crippen molar-refractivity contribution in [3.8, 4) is 0 Å². The van der Waals surface area contributed by atoms with Gasteiger partial charge in [0.15, 0.2) is 0 Å². The van der Waals surface area contributed by atoms with E-state index in [-0.39, 0.29) is 19.2 Å². The van der Waals surface area contributed by atoms with E-state index in [0.29, 0.717) is 6.54 Å². The average molecular weight is 272 g/mol. The molecule has 1 rings (SSSR count). The highest BCUT2D eigenvalue weighted by atomic mass is 16.5. The smallest absolute Gasteiger partial charge is 0.315 e. The second-order valence-electron chi connectivity index (χ2n) is 5.25. The summed E-state index contributed by atoms with van der Waals surface area (Å²) in [7, 11) is 0. The van der Waals surface area contributed by atoms with Gasteiger partial charge < -0.3 is 20.5 Å². The molecule has 0 aliphatic carbocycles. The van der Waals surface area contributed by atoms with Crippen molar-refractivity contribution in [1.29, 1.82) is 0 Å². The zero-order valence-corrected chi connectivity index (χ0v) is 11.7. The molecule has 19 heavy (non-hydrogen) atoms. The molecule has 110 valence electrons. The van der Waals surface area contributed by atoms with Crippen molar-refractivity contribution >= 4 is 12.0 Å². The third-order valence-corrected chi connectivity index (χ3v) is 3.57. The number of nitrogens with one attached hydrogen (secondary N) is 2. The molecule has 0 radical (unpaired) electrons. The van der Waals surface area contributed by atoms with Crippen molar-refractivity contribution in [2.24, 2.45) is 5.41 Å². The number of hydrogen-bond acceptors (Lipinski definition) is 3. The summed E-state index contributed by atoms with van der Waals surface area (Å²) in [6.45, 7) is 4.71. The first kappa shape index (κ1) is 15.8. The number of urea groups is 1. The lowest BCUT2D eigenvalue weighted by molar-refractivity contribution is -0.148. The summed E-state index contributed by atoms with van der Waals surface area (Å²) >= 11 is 0. The molecule has 1 aliphatic heterocycles. The van der Waals surface area contributed by atoms with E-state index in [4.69, 9.17) is 4.74 Å². The fourth-order valence-electron chi connectivity index (χ4n) is 2.05. The normalized spacial score (nSPS) is 26.1. The van der Waals surface area contributed by atoms with Gasteiger partial charge in [0.1, 0.15) is 5.41 Å². The van der Waals surface area contributed by atoms with Gasteiger partial charge in [0.25, 0.3) is 0 Å². The zero-order chi connectivity index (χ0) is 14.3. The highest BCUT2D eigenvalue weighted by Crippen LogP contribution is 2.28. The Morgan fingerprint density at radius 2 is 2.11 bits per heavy atom. The van der Waals surface area contributed by atoms with Gasteiger partial charge >= 0.3 is 12.0 Å². The van der Waals surface area contributed by atoms with Crippen LogP contribution in [0, 0.1) is 5.41 Å².